The second kappa shape index (κ2) is 6.73. The molecule has 5 heterocycles. The molecule has 1 saturated heterocycles. The van der Waals surface area contributed by atoms with Gasteiger partial charge >= 0.3 is 6.03 Å². The Morgan fingerprint density at radius 2 is 2.21 bits per heavy atom. The Bertz CT molecular complexity index is 1110. The van der Waals surface area contributed by atoms with Crippen LogP contribution in [-0.4, -0.2) is 57.8 Å². The topological polar surface area (TPSA) is 119 Å². The van der Waals surface area contributed by atoms with Gasteiger partial charge in [0, 0.05) is 25.8 Å². The molecule has 2 bridgehead atoms. The fourth-order valence-electron chi connectivity index (χ4n) is 3.96. The first-order chi connectivity index (χ1) is 14.2. The van der Waals surface area contributed by atoms with Crippen molar-refractivity contribution in [3.8, 4) is 0 Å². The molecule has 3 amide bonds. The van der Waals surface area contributed by atoms with Gasteiger partial charge in [-0.05, 0) is 37.6 Å². The third-order valence-corrected chi connectivity index (χ3v) is 5.30. The Labute approximate surface area is 166 Å². The van der Waals surface area contributed by atoms with Gasteiger partial charge in [-0.2, -0.15) is 5.10 Å². The smallest absolute Gasteiger partial charge is 0.329 e. The molecule has 0 radical (unpaired) electrons. The first kappa shape index (κ1) is 17.4. The predicted octanol–water partition coefficient (Wildman–Crippen LogP) is 1.73. The van der Waals surface area contributed by atoms with Crippen LogP contribution >= 0.6 is 0 Å². The number of anilines is 3. The van der Waals surface area contributed by atoms with Crippen molar-refractivity contribution in [3.05, 3.63) is 36.2 Å². The first-order valence-electron chi connectivity index (χ1n) is 9.59. The minimum atomic E-state index is -0.312. The molecular weight excluding hydrogens is 372 g/mol. The van der Waals surface area contributed by atoms with Crippen LogP contribution in [-0.2, 0) is 0 Å². The molecule has 2 aliphatic rings. The molecule has 1 unspecified atom stereocenters. The SMILES string of the molecule is CCNC(=O)c1ccc2c(n1)N(C(=O)Nc1[nH]nc3ncccc13)C1CCN2C1. The summed E-state index contributed by atoms with van der Waals surface area (Å²) in [6, 6.07) is 6.88. The lowest BCUT2D eigenvalue weighted by Gasteiger charge is -2.35. The first-order valence-corrected chi connectivity index (χ1v) is 9.59. The fourth-order valence-corrected chi connectivity index (χ4v) is 3.96. The second-order valence-corrected chi connectivity index (χ2v) is 7.06. The number of carbonyl (C=O) groups excluding carboxylic acids is 2. The molecule has 0 aliphatic carbocycles. The number of H-pyrrole nitrogens is 1. The Morgan fingerprint density at radius 1 is 1.31 bits per heavy atom. The lowest BCUT2D eigenvalue weighted by Crippen LogP contribution is -2.48. The summed E-state index contributed by atoms with van der Waals surface area (Å²) in [6.07, 6.45) is 2.49. The average molecular weight is 392 g/mol. The second-order valence-electron chi connectivity index (χ2n) is 7.06. The Balaban J connectivity index is 1.50. The van der Waals surface area contributed by atoms with Crippen molar-refractivity contribution < 1.29 is 9.59 Å². The lowest BCUT2D eigenvalue weighted by atomic mass is 10.1. The third-order valence-electron chi connectivity index (χ3n) is 5.30. The van der Waals surface area contributed by atoms with Gasteiger partial charge in [0.1, 0.15) is 11.5 Å². The number of nitrogens with one attached hydrogen (secondary N) is 3. The molecule has 10 heteroatoms. The fraction of sp³-hybridized carbons (Fsp3) is 0.316. The number of nitrogens with zero attached hydrogens (tertiary/aromatic N) is 5. The summed E-state index contributed by atoms with van der Waals surface area (Å²) in [6.45, 7) is 3.96. The van der Waals surface area contributed by atoms with E-state index < -0.39 is 0 Å². The van der Waals surface area contributed by atoms with E-state index in [-0.39, 0.29) is 18.0 Å². The number of pyridine rings is 2. The van der Waals surface area contributed by atoms with Crippen molar-refractivity contribution in [3.63, 3.8) is 0 Å². The van der Waals surface area contributed by atoms with Gasteiger partial charge in [-0.1, -0.05) is 0 Å². The van der Waals surface area contributed by atoms with Crippen LogP contribution in [0.2, 0.25) is 0 Å². The highest BCUT2D eigenvalue weighted by Crippen LogP contribution is 2.39. The number of hydrogen-bond donors (Lipinski definition) is 3. The predicted molar refractivity (Wildman–Crippen MR) is 108 cm³/mol. The molecule has 3 aromatic heterocycles. The minimum absolute atomic E-state index is 0.00760. The van der Waals surface area contributed by atoms with Gasteiger partial charge in [0.15, 0.2) is 11.5 Å². The van der Waals surface area contributed by atoms with E-state index in [2.05, 4.69) is 35.7 Å². The summed E-state index contributed by atoms with van der Waals surface area (Å²) in [4.78, 5) is 38.1. The Hall–Kier alpha value is -3.69. The van der Waals surface area contributed by atoms with Gasteiger partial charge in [0.25, 0.3) is 5.91 Å². The van der Waals surface area contributed by atoms with Gasteiger partial charge in [-0.15, -0.1) is 0 Å². The Kier molecular flexibility index (Phi) is 4.04. The largest absolute Gasteiger partial charge is 0.366 e. The van der Waals surface area contributed by atoms with Crippen LogP contribution in [0.15, 0.2) is 30.5 Å². The van der Waals surface area contributed by atoms with E-state index in [1.807, 2.05) is 19.1 Å². The van der Waals surface area contributed by atoms with Crippen LogP contribution in [0.25, 0.3) is 11.0 Å². The summed E-state index contributed by atoms with van der Waals surface area (Å²) in [5.74, 6) is 0.733. The summed E-state index contributed by atoms with van der Waals surface area (Å²) < 4.78 is 0. The molecule has 1 atom stereocenters. The van der Waals surface area contributed by atoms with E-state index >= 15 is 0 Å². The normalized spacial score (nSPS) is 17.3. The van der Waals surface area contributed by atoms with E-state index in [9.17, 15) is 9.59 Å². The number of fused-ring (bicyclic) bond motifs is 5. The minimum Gasteiger partial charge on any atom is -0.366 e. The zero-order valence-electron chi connectivity index (χ0n) is 15.8. The number of amides is 3. The number of aromatic amines is 1. The maximum atomic E-state index is 13.3. The van der Waals surface area contributed by atoms with Crippen molar-refractivity contribution in [2.75, 3.05) is 34.8 Å². The number of carbonyl (C=O) groups is 2. The van der Waals surface area contributed by atoms with Crippen LogP contribution in [0.3, 0.4) is 0 Å². The van der Waals surface area contributed by atoms with Crippen LogP contribution in [0.5, 0.6) is 0 Å². The molecule has 5 rings (SSSR count). The van der Waals surface area contributed by atoms with E-state index in [4.69, 9.17) is 0 Å². The molecule has 148 valence electrons. The highest BCUT2D eigenvalue weighted by atomic mass is 16.2. The molecule has 29 heavy (non-hydrogen) atoms. The molecule has 0 spiro atoms. The molecule has 3 aromatic rings. The number of hydrogen-bond acceptors (Lipinski definition) is 6. The highest BCUT2D eigenvalue weighted by molar-refractivity contribution is 6.07. The van der Waals surface area contributed by atoms with Crippen molar-refractivity contribution in [2.24, 2.45) is 0 Å². The van der Waals surface area contributed by atoms with Crippen molar-refractivity contribution in [1.29, 1.82) is 0 Å². The number of aromatic nitrogens is 4. The lowest BCUT2D eigenvalue weighted by molar-refractivity contribution is 0.0951. The van der Waals surface area contributed by atoms with Crippen LogP contribution in [0, 0.1) is 0 Å². The van der Waals surface area contributed by atoms with Gasteiger partial charge < -0.3 is 10.2 Å². The van der Waals surface area contributed by atoms with Gasteiger partial charge in [-0.3, -0.25) is 20.1 Å². The van der Waals surface area contributed by atoms with Gasteiger partial charge in [-0.25, -0.2) is 14.8 Å². The number of urea groups is 1. The molecule has 1 fully saturated rings. The van der Waals surface area contributed by atoms with E-state index in [1.54, 1.807) is 23.2 Å². The molecule has 3 N–H and O–H groups in total. The highest BCUT2D eigenvalue weighted by Gasteiger charge is 2.40. The van der Waals surface area contributed by atoms with E-state index in [1.165, 1.54) is 0 Å². The maximum absolute atomic E-state index is 13.3. The summed E-state index contributed by atoms with van der Waals surface area (Å²) in [7, 11) is 0. The summed E-state index contributed by atoms with van der Waals surface area (Å²) in [5.41, 5.74) is 1.69. The van der Waals surface area contributed by atoms with E-state index in [0.29, 0.717) is 29.5 Å². The zero-order chi connectivity index (χ0) is 20.0. The molecule has 2 aliphatic heterocycles. The van der Waals surface area contributed by atoms with E-state index in [0.717, 1.165) is 30.6 Å². The average Bonchev–Trinajstić information content (AvgIpc) is 3.33. The molecule has 10 nitrogen and oxygen atoms in total. The van der Waals surface area contributed by atoms with Gasteiger partial charge in [0.05, 0.1) is 17.1 Å². The van der Waals surface area contributed by atoms with Crippen molar-refractivity contribution in [2.45, 2.75) is 19.4 Å². The summed E-state index contributed by atoms with van der Waals surface area (Å²) in [5, 5.41) is 13.3. The van der Waals surface area contributed by atoms with Gasteiger partial charge in [0.2, 0.25) is 0 Å². The van der Waals surface area contributed by atoms with Crippen LogP contribution in [0.1, 0.15) is 23.8 Å². The zero-order valence-corrected chi connectivity index (χ0v) is 15.8. The summed E-state index contributed by atoms with van der Waals surface area (Å²) >= 11 is 0. The monoisotopic (exact) mass is 392 g/mol. The van der Waals surface area contributed by atoms with Crippen molar-refractivity contribution >= 4 is 40.3 Å². The Morgan fingerprint density at radius 3 is 3.07 bits per heavy atom. The maximum Gasteiger partial charge on any atom is 0.329 e. The van der Waals surface area contributed by atoms with Crippen molar-refractivity contribution in [1.82, 2.24) is 25.5 Å². The molecule has 0 aromatic carbocycles. The third kappa shape index (κ3) is 2.84. The molecular formula is C19H20N8O2. The number of rotatable bonds is 3. The van der Waals surface area contributed by atoms with Crippen LogP contribution < -0.4 is 20.4 Å². The molecule has 0 saturated carbocycles. The van der Waals surface area contributed by atoms with Crippen LogP contribution in [0.4, 0.5) is 22.1 Å². The standard InChI is InChI=1S/C19H20N8O2/c1-2-20-18(28)13-5-6-14-17(22-13)27(11-7-9-26(14)10-11)19(29)23-16-12-4-3-8-21-15(12)24-25-16/h3-6,8,11H,2,7,9-10H2,1H3,(H,20,28)(H2,21,23,24,25,29). The quantitative estimate of drug-likeness (QED) is 0.625.